The van der Waals surface area contributed by atoms with E-state index in [2.05, 4.69) is 0 Å². The number of hydrogen-bond donors (Lipinski definition) is 1. The van der Waals surface area contributed by atoms with E-state index in [-0.39, 0.29) is 11.9 Å². The van der Waals surface area contributed by atoms with Crippen LogP contribution in [0.2, 0.25) is 5.02 Å². The summed E-state index contributed by atoms with van der Waals surface area (Å²) in [5, 5.41) is 9.54. The highest BCUT2D eigenvalue weighted by atomic mass is 35.5. The van der Waals surface area contributed by atoms with E-state index in [1.165, 1.54) is 11.8 Å². The number of carbonyl (C=O) groups is 2. The number of benzene rings is 1. The molecule has 0 spiro atoms. The third kappa shape index (κ3) is 2.80. The van der Waals surface area contributed by atoms with Gasteiger partial charge in [0, 0.05) is 6.04 Å². The quantitative estimate of drug-likeness (QED) is 0.929. The molecule has 1 aromatic rings. The van der Waals surface area contributed by atoms with Crippen molar-refractivity contribution >= 4 is 23.5 Å². The molecule has 0 aliphatic heterocycles. The molecule has 1 aliphatic rings. The van der Waals surface area contributed by atoms with Crippen LogP contribution in [0.4, 0.5) is 0 Å². The molecule has 20 heavy (non-hydrogen) atoms. The smallest absolute Gasteiger partial charge is 0.326 e. The fourth-order valence-electron chi connectivity index (χ4n) is 2.21. The molecule has 0 bridgehead atoms. The van der Waals surface area contributed by atoms with Gasteiger partial charge in [0.2, 0.25) is 0 Å². The molecular formula is C15H18ClNO3. The second-order valence-electron chi connectivity index (χ2n) is 5.37. The number of amides is 1. The van der Waals surface area contributed by atoms with E-state index in [1.807, 2.05) is 13.8 Å². The molecule has 1 N–H and O–H groups in total. The molecular weight excluding hydrogens is 278 g/mol. The van der Waals surface area contributed by atoms with Crippen LogP contribution in [0.3, 0.4) is 0 Å². The summed E-state index contributed by atoms with van der Waals surface area (Å²) in [7, 11) is 0. The Balaban J connectivity index is 2.37. The van der Waals surface area contributed by atoms with Gasteiger partial charge < -0.3 is 10.0 Å². The van der Waals surface area contributed by atoms with Gasteiger partial charge in [0.1, 0.15) is 6.04 Å². The zero-order valence-corrected chi connectivity index (χ0v) is 12.6. The lowest BCUT2D eigenvalue weighted by molar-refractivity contribution is -0.141. The van der Waals surface area contributed by atoms with Gasteiger partial charge in [-0.05, 0) is 56.9 Å². The Bertz CT molecular complexity index is 566. The summed E-state index contributed by atoms with van der Waals surface area (Å²) < 4.78 is 0. The van der Waals surface area contributed by atoms with Gasteiger partial charge in [0.25, 0.3) is 5.91 Å². The summed E-state index contributed by atoms with van der Waals surface area (Å²) in [6.45, 7) is 5.37. The minimum Gasteiger partial charge on any atom is -0.480 e. The lowest BCUT2D eigenvalue weighted by atomic mass is 10.0. The summed E-state index contributed by atoms with van der Waals surface area (Å²) in [6, 6.07) is 2.67. The molecule has 1 unspecified atom stereocenters. The van der Waals surface area contributed by atoms with Crippen molar-refractivity contribution in [2.75, 3.05) is 0 Å². The van der Waals surface area contributed by atoms with Crippen molar-refractivity contribution < 1.29 is 14.7 Å². The monoisotopic (exact) mass is 295 g/mol. The Labute approximate surface area is 123 Å². The minimum absolute atomic E-state index is 0.0197. The van der Waals surface area contributed by atoms with E-state index in [0.29, 0.717) is 10.6 Å². The maximum absolute atomic E-state index is 12.6. The average molecular weight is 296 g/mol. The fourth-order valence-corrected chi connectivity index (χ4v) is 2.51. The third-order valence-electron chi connectivity index (χ3n) is 3.76. The maximum atomic E-state index is 12.6. The number of nitrogens with zero attached hydrogens (tertiary/aromatic N) is 1. The first-order valence-electron chi connectivity index (χ1n) is 6.65. The van der Waals surface area contributed by atoms with E-state index in [1.54, 1.807) is 12.1 Å². The predicted molar refractivity (Wildman–Crippen MR) is 77.2 cm³/mol. The second-order valence-corrected chi connectivity index (χ2v) is 5.78. The predicted octanol–water partition coefficient (Wildman–Crippen LogP) is 3.03. The molecule has 0 heterocycles. The summed E-state index contributed by atoms with van der Waals surface area (Å²) >= 11 is 6.15. The summed E-state index contributed by atoms with van der Waals surface area (Å²) in [5.74, 6) is -1.29. The summed E-state index contributed by atoms with van der Waals surface area (Å²) in [6.07, 6.45) is 1.71. The van der Waals surface area contributed by atoms with Crippen LogP contribution in [0.25, 0.3) is 0 Å². The number of aliphatic carboxylic acids is 1. The Hall–Kier alpha value is -1.55. The van der Waals surface area contributed by atoms with Gasteiger partial charge in [0.15, 0.2) is 0 Å². The molecule has 0 radical (unpaired) electrons. The SMILES string of the molecule is Cc1cc(Cl)c(C(=O)N(C2CC2)C(C)C(=O)O)cc1C. The van der Waals surface area contributed by atoms with Gasteiger partial charge >= 0.3 is 5.97 Å². The second kappa shape index (κ2) is 5.44. The first kappa shape index (κ1) is 14.9. The normalized spacial score (nSPS) is 15.8. The number of halogens is 1. The standard InChI is InChI=1S/C15H18ClNO3/c1-8-6-12(13(16)7-9(8)2)14(18)17(11-4-5-11)10(3)15(19)20/h6-7,10-11H,4-5H2,1-3H3,(H,19,20). The van der Waals surface area contributed by atoms with E-state index in [9.17, 15) is 9.59 Å². The number of rotatable bonds is 4. The van der Waals surface area contributed by atoms with Crippen molar-refractivity contribution in [2.24, 2.45) is 0 Å². The van der Waals surface area contributed by atoms with Gasteiger partial charge in [-0.15, -0.1) is 0 Å². The highest BCUT2D eigenvalue weighted by Crippen LogP contribution is 2.32. The lowest BCUT2D eigenvalue weighted by Gasteiger charge is -2.27. The molecule has 1 atom stereocenters. The van der Waals surface area contributed by atoms with Crippen molar-refractivity contribution in [3.05, 3.63) is 33.8 Å². The molecule has 1 fully saturated rings. The minimum atomic E-state index is -0.995. The molecule has 1 aromatic carbocycles. The zero-order valence-electron chi connectivity index (χ0n) is 11.8. The summed E-state index contributed by atoms with van der Waals surface area (Å²) in [4.78, 5) is 25.3. The van der Waals surface area contributed by atoms with Gasteiger partial charge in [-0.25, -0.2) is 4.79 Å². The van der Waals surface area contributed by atoms with E-state index in [4.69, 9.17) is 16.7 Å². The third-order valence-corrected chi connectivity index (χ3v) is 4.08. The van der Waals surface area contributed by atoms with Crippen molar-refractivity contribution in [3.8, 4) is 0 Å². The number of carboxylic acid groups (broad SMARTS) is 1. The first-order valence-corrected chi connectivity index (χ1v) is 7.03. The van der Waals surface area contributed by atoms with Crippen LogP contribution in [0.15, 0.2) is 12.1 Å². The van der Waals surface area contributed by atoms with Crippen molar-refractivity contribution in [2.45, 2.75) is 45.7 Å². The van der Waals surface area contributed by atoms with Gasteiger partial charge in [0.05, 0.1) is 10.6 Å². The molecule has 5 heteroatoms. The number of carbonyl (C=O) groups excluding carboxylic acids is 1. The van der Waals surface area contributed by atoms with Gasteiger partial charge in [-0.2, -0.15) is 0 Å². The van der Waals surface area contributed by atoms with Gasteiger partial charge in [-0.1, -0.05) is 11.6 Å². The van der Waals surface area contributed by atoms with E-state index in [0.717, 1.165) is 24.0 Å². The Morgan fingerprint density at radius 2 is 1.85 bits per heavy atom. The van der Waals surface area contributed by atoms with E-state index >= 15 is 0 Å². The van der Waals surface area contributed by atoms with Crippen molar-refractivity contribution in [1.82, 2.24) is 4.90 Å². The highest BCUT2D eigenvalue weighted by molar-refractivity contribution is 6.34. The number of aryl methyl sites for hydroxylation is 2. The van der Waals surface area contributed by atoms with Crippen molar-refractivity contribution in [3.63, 3.8) is 0 Å². The molecule has 4 nitrogen and oxygen atoms in total. The van der Waals surface area contributed by atoms with Crippen LogP contribution in [-0.2, 0) is 4.79 Å². The molecule has 0 saturated heterocycles. The van der Waals surface area contributed by atoms with Crippen LogP contribution in [0.1, 0.15) is 41.3 Å². The first-order chi connectivity index (χ1) is 9.32. The van der Waals surface area contributed by atoms with Crippen LogP contribution in [0.5, 0.6) is 0 Å². The molecule has 2 rings (SSSR count). The maximum Gasteiger partial charge on any atom is 0.326 e. The van der Waals surface area contributed by atoms with E-state index < -0.39 is 12.0 Å². The molecule has 0 aromatic heterocycles. The summed E-state index contributed by atoms with van der Waals surface area (Å²) in [5.41, 5.74) is 2.36. The number of carboxylic acids is 1. The lowest BCUT2D eigenvalue weighted by Crippen LogP contribution is -2.44. The topological polar surface area (TPSA) is 57.6 Å². The largest absolute Gasteiger partial charge is 0.480 e. The van der Waals surface area contributed by atoms with Crippen molar-refractivity contribution in [1.29, 1.82) is 0 Å². The Kier molecular flexibility index (Phi) is 4.04. The van der Waals surface area contributed by atoms with Crippen LogP contribution < -0.4 is 0 Å². The van der Waals surface area contributed by atoms with Crippen LogP contribution in [-0.4, -0.2) is 34.0 Å². The average Bonchev–Trinajstić information content (AvgIpc) is 3.18. The fraction of sp³-hybridized carbons (Fsp3) is 0.467. The molecule has 108 valence electrons. The molecule has 1 saturated carbocycles. The zero-order chi connectivity index (χ0) is 15.0. The Morgan fingerprint density at radius 3 is 2.35 bits per heavy atom. The Morgan fingerprint density at radius 1 is 1.30 bits per heavy atom. The van der Waals surface area contributed by atoms with Gasteiger partial charge in [-0.3, -0.25) is 4.79 Å². The van der Waals surface area contributed by atoms with Crippen LogP contribution >= 0.6 is 11.6 Å². The number of hydrogen-bond acceptors (Lipinski definition) is 2. The molecule has 1 amide bonds. The molecule has 1 aliphatic carbocycles. The van der Waals surface area contributed by atoms with Crippen LogP contribution in [0, 0.1) is 13.8 Å². The highest BCUT2D eigenvalue weighted by Gasteiger charge is 2.39.